The monoisotopic (exact) mass is 498 g/mol. The van der Waals surface area contributed by atoms with Crippen LogP contribution in [0.1, 0.15) is 44.2 Å². The van der Waals surface area contributed by atoms with Gasteiger partial charge in [-0.05, 0) is 37.2 Å². The Morgan fingerprint density at radius 3 is 2.50 bits per heavy atom. The number of hydrogen-bond acceptors (Lipinski definition) is 3. The van der Waals surface area contributed by atoms with Gasteiger partial charge in [-0.3, -0.25) is 9.89 Å². The maximum Gasteiger partial charge on any atom is 0.194 e. The number of rotatable bonds is 5. The Bertz CT molecular complexity index is 629. The molecule has 3 aliphatic rings. The number of nitrogens with one attached hydrogen (secondary N) is 1. The quantitative estimate of drug-likeness (QED) is 0.383. The molecule has 0 bridgehead atoms. The molecule has 1 aliphatic carbocycles. The van der Waals surface area contributed by atoms with E-state index in [2.05, 4.69) is 52.4 Å². The second-order valence-electron chi connectivity index (χ2n) is 8.29. The largest absolute Gasteiger partial charge is 0.379 e. The molecule has 0 amide bonds. The number of guanidine groups is 1. The third-order valence-corrected chi connectivity index (χ3v) is 6.57. The summed E-state index contributed by atoms with van der Waals surface area (Å²) >= 11 is 0. The van der Waals surface area contributed by atoms with E-state index in [4.69, 9.17) is 9.73 Å². The van der Waals surface area contributed by atoms with E-state index in [0.29, 0.717) is 11.5 Å². The Labute approximate surface area is 186 Å². The van der Waals surface area contributed by atoms with Crippen molar-refractivity contribution >= 4 is 29.9 Å². The van der Waals surface area contributed by atoms with Crippen LogP contribution in [0, 0.1) is 5.41 Å². The van der Waals surface area contributed by atoms with Gasteiger partial charge in [-0.15, -0.1) is 24.0 Å². The Morgan fingerprint density at radius 1 is 1.14 bits per heavy atom. The van der Waals surface area contributed by atoms with Gasteiger partial charge in [0.05, 0.1) is 25.8 Å². The highest BCUT2D eigenvalue weighted by Crippen LogP contribution is 2.47. The molecule has 1 N–H and O–H groups in total. The molecule has 2 heterocycles. The molecule has 6 heteroatoms. The van der Waals surface area contributed by atoms with Crippen LogP contribution in [0.25, 0.3) is 0 Å². The van der Waals surface area contributed by atoms with Crippen LogP contribution < -0.4 is 5.32 Å². The van der Waals surface area contributed by atoms with Gasteiger partial charge in [-0.25, -0.2) is 0 Å². The van der Waals surface area contributed by atoms with Gasteiger partial charge in [-0.1, -0.05) is 36.8 Å². The van der Waals surface area contributed by atoms with E-state index in [-0.39, 0.29) is 24.0 Å². The highest BCUT2D eigenvalue weighted by atomic mass is 127. The van der Waals surface area contributed by atoms with E-state index in [9.17, 15) is 0 Å². The number of aliphatic imine (C=N–C) groups is 1. The first kappa shape index (κ1) is 21.8. The number of nitrogens with zero attached hydrogens (tertiary/aromatic N) is 3. The van der Waals surface area contributed by atoms with Gasteiger partial charge in [0.25, 0.3) is 0 Å². The van der Waals surface area contributed by atoms with E-state index in [0.717, 1.165) is 51.9 Å². The molecule has 156 valence electrons. The van der Waals surface area contributed by atoms with Gasteiger partial charge in [0.2, 0.25) is 0 Å². The summed E-state index contributed by atoms with van der Waals surface area (Å²) in [6.07, 6.45) is 5.56. The van der Waals surface area contributed by atoms with E-state index in [1.807, 2.05) is 0 Å². The highest BCUT2D eigenvalue weighted by Gasteiger charge is 2.43. The third-order valence-electron chi connectivity index (χ3n) is 6.57. The molecule has 1 spiro atoms. The van der Waals surface area contributed by atoms with Crippen molar-refractivity contribution in [3.05, 3.63) is 35.9 Å². The van der Waals surface area contributed by atoms with Crippen molar-refractivity contribution in [2.24, 2.45) is 10.4 Å². The summed E-state index contributed by atoms with van der Waals surface area (Å²) in [4.78, 5) is 10.2. The molecule has 3 fully saturated rings. The first-order chi connectivity index (χ1) is 13.3. The zero-order chi connectivity index (χ0) is 18.5. The van der Waals surface area contributed by atoms with Gasteiger partial charge in [0, 0.05) is 32.7 Å². The van der Waals surface area contributed by atoms with Gasteiger partial charge >= 0.3 is 0 Å². The van der Waals surface area contributed by atoms with Crippen LogP contribution in [0.15, 0.2) is 35.3 Å². The van der Waals surface area contributed by atoms with Gasteiger partial charge < -0.3 is 15.0 Å². The van der Waals surface area contributed by atoms with Crippen LogP contribution in [-0.2, 0) is 4.74 Å². The Hall–Kier alpha value is -0.860. The van der Waals surface area contributed by atoms with E-state index in [1.165, 1.54) is 37.8 Å². The molecule has 28 heavy (non-hydrogen) atoms. The minimum absolute atomic E-state index is 0. The molecule has 1 aromatic rings. The molecule has 1 aromatic carbocycles. The first-order valence-electron chi connectivity index (χ1n) is 10.7. The summed E-state index contributed by atoms with van der Waals surface area (Å²) in [5, 5.41) is 3.55. The van der Waals surface area contributed by atoms with Crippen molar-refractivity contribution in [1.29, 1.82) is 0 Å². The minimum Gasteiger partial charge on any atom is -0.379 e. The first-order valence-corrected chi connectivity index (χ1v) is 10.7. The number of morpholine rings is 1. The van der Waals surface area contributed by atoms with Crippen molar-refractivity contribution in [1.82, 2.24) is 15.1 Å². The molecule has 1 saturated carbocycles. The molecule has 1 atom stereocenters. The number of hydrogen-bond donors (Lipinski definition) is 1. The number of ether oxygens (including phenoxy) is 1. The summed E-state index contributed by atoms with van der Waals surface area (Å²) in [5.74, 6) is 1.11. The maximum atomic E-state index is 5.57. The zero-order valence-corrected chi connectivity index (χ0v) is 19.4. The van der Waals surface area contributed by atoms with Crippen molar-refractivity contribution in [2.45, 2.75) is 38.6 Å². The molecular formula is C22H35IN4O. The predicted octanol–water partition coefficient (Wildman–Crippen LogP) is 3.52. The topological polar surface area (TPSA) is 40.1 Å². The summed E-state index contributed by atoms with van der Waals surface area (Å²) < 4.78 is 5.57. The van der Waals surface area contributed by atoms with E-state index < -0.39 is 0 Å². The lowest BCUT2D eigenvalue weighted by molar-refractivity contribution is 0.0179. The fourth-order valence-electron chi connectivity index (χ4n) is 4.80. The van der Waals surface area contributed by atoms with Crippen LogP contribution >= 0.6 is 24.0 Å². The van der Waals surface area contributed by atoms with Gasteiger partial charge in [0.1, 0.15) is 0 Å². The molecular weight excluding hydrogens is 463 g/mol. The lowest BCUT2D eigenvalue weighted by atomic mass is 9.68. The van der Waals surface area contributed by atoms with Gasteiger partial charge in [0.15, 0.2) is 5.96 Å². The molecule has 1 unspecified atom stereocenters. The van der Waals surface area contributed by atoms with Crippen LogP contribution in [0.3, 0.4) is 0 Å². The molecule has 2 saturated heterocycles. The van der Waals surface area contributed by atoms with Crippen LogP contribution in [0.2, 0.25) is 0 Å². The van der Waals surface area contributed by atoms with Crippen molar-refractivity contribution < 1.29 is 4.74 Å². The number of benzene rings is 1. The Morgan fingerprint density at radius 2 is 1.89 bits per heavy atom. The average Bonchev–Trinajstić information content (AvgIpc) is 3.15. The Kier molecular flexibility index (Phi) is 8.00. The standard InChI is InChI=1S/C22H34N4O.HI/c1-2-23-21(26-12-11-22(18-26)9-6-10-22)24-17-20(19-7-4-3-5-8-19)25-13-15-27-16-14-25;/h3-5,7-8,20H,2,6,9-18H2,1H3,(H,23,24);1H. The van der Waals surface area contributed by atoms with E-state index in [1.54, 1.807) is 0 Å². The van der Waals surface area contributed by atoms with Gasteiger partial charge in [-0.2, -0.15) is 0 Å². The van der Waals surface area contributed by atoms with Crippen molar-refractivity contribution in [3.8, 4) is 0 Å². The maximum absolute atomic E-state index is 5.57. The zero-order valence-electron chi connectivity index (χ0n) is 17.1. The smallest absolute Gasteiger partial charge is 0.194 e. The lowest BCUT2D eigenvalue weighted by Gasteiger charge is -2.38. The fraction of sp³-hybridized carbons (Fsp3) is 0.682. The minimum atomic E-state index is 0. The summed E-state index contributed by atoms with van der Waals surface area (Å²) in [6.45, 7) is 9.85. The highest BCUT2D eigenvalue weighted by molar-refractivity contribution is 14.0. The van der Waals surface area contributed by atoms with Crippen molar-refractivity contribution in [2.75, 3.05) is 52.5 Å². The van der Waals surface area contributed by atoms with E-state index >= 15 is 0 Å². The summed E-state index contributed by atoms with van der Waals surface area (Å²) in [7, 11) is 0. The molecule has 4 rings (SSSR count). The molecule has 5 nitrogen and oxygen atoms in total. The average molecular weight is 498 g/mol. The normalized spacial score (nSPS) is 23.2. The van der Waals surface area contributed by atoms with Crippen LogP contribution in [0.4, 0.5) is 0 Å². The van der Waals surface area contributed by atoms with Crippen LogP contribution in [-0.4, -0.2) is 68.2 Å². The molecule has 0 radical (unpaired) electrons. The Balaban J connectivity index is 0.00000225. The number of halogens is 1. The lowest BCUT2D eigenvalue weighted by Crippen LogP contribution is -2.44. The summed E-state index contributed by atoms with van der Waals surface area (Å²) in [5.41, 5.74) is 1.95. The second kappa shape index (κ2) is 10.3. The third kappa shape index (κ3) is 5.00. The summed E-state index contributed by atoms with van der Waals surface area (Å²) in [6, 6.07) is 11.2. The fourth-order valence-corrected chi connectivity index (χ4v) is 4.80. The SMILES string of the molecule is CCNC(=NCC(c1ccccc1)N1CCOCC1)N1CCC2(CCC2)C1.I. The number of likely N-dealkylation sites (tertiary alicyclic amines) is 1. The predicted molar refractivity (Wildman–Crippen MR) is 125 cm³/mol. The van der Waals surface area contributed by atoms with Crippen molar-refractivity contribution in [3.63, 3.8) is 0 Å². The molecule has 2 aliphatic heterocycles. The van der Waals surface area contributed by atoms with Crippen LogP contribution in [0.5, 0.6) is 0 Å². The molecule has 0 aromatic heterocycles. The second-order valence-corrected chi connectivity index (χ2v) is 8.29.